The first-order valence-corrected chi connectivity index (χ1v) is 9.72. The first kappa shape index (κ1) is 19.4. The summed E-state index contributed by atoms with van der Waals surface area (Å²) in [6, 6.07) is 7.11. The van der Waals surface area contributed by atoms with Crippen LogP contribution in [-0.4, -0.2) is 53.2 Å². The number of halogens is 1. The molecule has 1 fully saturated rings. The maximum absolute atomic E-state index is 12.8. The van der Waals surface area contributed by atoms with E-state index in [9.17, 15) is 9.59 Å². The third kappa shape index (κ3) is 4.70. The number of hydrogen-bond donors (Lipinski definition) is 1. The van der Waals surface area contributed by atoms with Crippen LogP contribution in [0.5, 0.6) is 0 Å². The maximum atomic E-state index is 12.8. The monoisotopic (exact) mass is 405 g/mol. The highest BCUT2D eigenvalue weighted by Crippen LogP contribution is 2.29. The molecule has 2 aromatic rings. The van der Waals surface area contributed by atoms with Crippen LogP contribution < -0.4 is 10.2 Å². The summed E-state index contributed by atoms with van der Waals surface area (Å²) in [6.07, 6.45) is 3.61. The molecule has 27 heavy (non-hydrogen) atoms. The second-order valence-corrected chi connectivity index (χ2v) is 7.67. The molecular weight excluding hydrogens is 386 g/mol. The van der Waals surface area contributed by atoms with Gasteiger partial charge in [0.15, 0.2) is 5.69 Å². The number of anilines is 2. The van der Waals surface area contributed by atoms with Crippen LogP contribution in [-0.2, 0) is 0 Å². The van der Waals surface area contributed by atoms with E-state index in [1.165, 1.54) is 11.1 Å². The van der Waals surface area contributed by atoms with Crippen LogP contribution in [0.25, 0.3) is 0 Å². The van der Waals surface area contributed by atoms with Crippen molar-refractivity contribution in [1.29, 1.82) is 0 Å². The molecule has 0 spiro atoms. The van der Waals surface area contributed by atoms with Crippen LogP contribution in [0, 0.1) is 0 Å². The number of carbonyl (C=O) groups excluding carboxylic acids is 2. The van der Waals surface area contributed by atoms with E-state index in [0.717, 1.165) is 37.7 Å². The third-order valence-electron chi connectivity index (χ3n) is 4.03. The lowest BCUT2D eigenvalue weighted by Gasteiger charge is -2.16. The lowest BCUT2D eigenvalue weighted by molar-refractivity contribution is 0.102. The summed E-state index contributed by atoms with van der Waals surface area (Å²) in [7, 11) is 3.36. The predicted molar refractivity (Wildman–Crippen MR) is 108 cm³/mol. The highest BCUT2D eigenvalue weighted by Gasteiger charge is 2.21. The third-order valence-corrected chi connectivity index (χ3v) is 5.43. The zero-order valence-corrected chi connectivity index (χ0v) is 16.7. The van der Waals surface area contributed by atoms with Crippen LogP contribution in [0.2, 0.25) is 5.02 Å². The molecule has 1 saturated heterocycles. The van der Waals surface area contributed by atoms with Crippen molar-refractivity contribution in [2.75, 3.05) is 37.4 Å². The van der Waals surface area contributed by atoms with Gasteiger partial charge in [-0.25, -0.2) is 9.97 Å². The minimum absolute atomic E-state index is 0.118. The molecule has 0 unspecified atom stereocenters. The Balaban J connectivity index is 1.81. The number of rotatable bonds is 4. The van der Waals surface area contributed by atoms with Crippen LogP contribution in [0.4, 0.5) is 16.4 Å². The van der Waals surface area contributed by atoms with E-state index in [4.69, 9.17) is 11.6 Å². The molecule has 9 heteroatoms. The Labute approximate surface area is 167 Å². The molecule has 0 bridgehead atoms. The van der Waals surface area contributed by atoms with Crippen molar-refractivity contribution < 1.29 is 9.59 Å². The van der Waals surface area contributed by atoms with E-state index in [1.54, 1.807) is 32.3 Å². The fourth-order valence-electron chi connectivity index (χ4n) is 2.61. The zero-order valence-electron chi connectivity index (χ0n) is 15.1. The Hall–Kier alpha value is -2.32. The summed E-state index contributed by atoms with van der Waals surface area (Å²) in [5, 5.41) is 2.86. The van der Waals surface area contributed by atoms with Gasteiger partial charge in [0, 0.05) is 32.1 Å². The summed E-state index contributed by atoms with van der Waals surface area (Å²) in [6.45, 7) is 1.74. The molecule has 0 atom stereocenters. The number of nitrogens with one attached hydrogen (secondary N) is 1. The van der Waals surface area contributed by atoms with Gasteiger partial charge >= 0.3 is 0 Å². The predicted octanol–water partition coefficient (Wildman–Crippen LogP) is 3.76. The molecule has 2 heterocycles. The minimum Gasteiger partial charge on any atom is -0.341 e. The first-order valence-electron chi connectivity index (χ1n) is 8.52. The van der Waals surface area contributed by atoms with Crippen LogP contribution in [0.15, 0.2) is 35.4 Å². The molecule has 7 nitrogen and oxygen atoms in total. The van der Waals surface area contributed by atoms with Crippen LogP contribution >= 0.6 is 23.4 Å². The zero-order chi connectivity index (χ0) is 19.4. The molecule has 1 aliphatic heterocycles. The van der Waals surface area contributed by atoms with Crippen LogP contribution in [0.1, 0.15) is 23.3 Å². The van der Waals surface area contributed by atoms with Gasteiger partial charge in [-0.3, -0.25) is 9.59 Å². The average molecular weight is 406 g/mol. The van der Waals surface area contributed by atoms with Crippen molar-refractivity contribution in [3.05, 3.63) is 41.2 Å². The van der Waals surface area contributed by atoms with Gasteiger partial charge < -0.3 is 15.1 Å². The Bertz CT molecular complexity index is 855. The van der Waals surface area contributed by atoms with Crippen molar-refractivity contribution in [3.63, 3.8) is 0 Å². The number of benzene rings is 1. The fraction of sp³-hybridized carbons (Fsp3) is 0.333. The average Bonchev–Trinajstić information content (AvgIpc) is 3.18. The van der Waals surface area contributed by atoms with Gasteiger partial charge in [0.05, 0.1) is 16.9 Å². The minimum atomic E-state index is -0.437. The van der Waals surface area contributed by atoms with Crippen molar-refractivity contribution in [2.24, 2.45) is 0 Å². The van der Waals surface area contributed by atoms with Gasteiger partial charge in [-0.15, -0.1) is 0 Å². The molecule has 0 saturated carbocycles. The molecule has 2 amide bonds. The van der Waals surface area contributed by atoms with Crippen LogP contribution in [0.3, 0.4) is 0 Å². The molecule has 0 aliphatic carbocycles. The molecule has 1 aromatic heterocycles. The van der Waals surface area contributed by atoms with E-state index < -0.39 is 5.91 Å². The molecular formula is C18H20ClN5O2S. The van der Waals surface area contributed by atoms with E-state index in [2.05, 4.69) is 15.3 Å². The number of amides is 2. The SMILES string of the molecule is CN(C)C(=O)Sc1ccccc1NC(=O)c1nc(N2CCCC2)ncc1Cl. The van der Waals surface area contributed by atoms with Gasteiger partial charge in [-0.1, -0.05) is 23.7 Å². The van der Waals surface area contributed by atoms with E-state index in [1.807, 2.05) is 11.0 Å². The number of hydrogen-bond acceptors (Lipinski definition) is 6. The Morgan fingerprint density at radius 2 is 1.93 bits per heavy atom. The highest BCUT2D eigenvalue weighted by molar-refractivity contribution is 8.13. The summed E-state index contributed by atoms with van der Waals surface area (Å²) < 4.78 is 0. The van der Waals surface area contributed by atoms with E-state index in [0.29, 0.717) is 16.5 Å². The standard InChI is InChI=1S/C18H20ClN5O2S/c1-23(2)18(26)27-14-8-4-3-7-13(14)21-16(25)15-12(19)11-20-17(22-15)24-9-5-6-10-24/h3-4,7-8,11H,5-6,9-10H2,1-2H3,(H,21,25). The molecule has 142 valence electrons. The maximum Gasteiger partial charge on any atom is 0.286 e. The Morgan fingerprint density at radius 1 is 1.22 bits per heavy atom. The fourth-order valence-corrected chi connectivity index (χ4v) is 3.54. The summed E-state index contributed by atoms with van der Waals surface area (Å²) >= 11 is 7.20. The van der Waals surface area contributed by atoms with Crippen molar-refractivity contribution in [1.82, 2.24) is 14.9 Å². The molecule has 0 radical (unpaired) electrons. The topological polar surface area (TPSA) is 78.4 Å². The van der Waals surface area contributed by atoms with Gasteiger partial charge in [-0.2, -0.15) is 0 Å². The van der Waals surface area contributed by atoms with Gasteiger partial charge in [0.25, 0.3) is 11.1 Å². The number of thioether (sulfide) groups is 1. The molecule has 1 aliphatic rings. The number of carbonyl (C=O) groups is 2. The Morgan fingerprint density at radius 3 is 2.63 bits per heavy atom. The lowest BCUT2D eigenvalue weighted by Crippen LogP contribution is -2.23. The molecule has 1 aromatic carbocycles. The van der Waals surface area contributed by atoms with Crippen molar-refractivity contribution in [3.8, 4) is 0 Å². The van der Waals surface area contributed by atoms with E-state index in [-0.39, 0.29) is 16.0 Å². The van der Waals surface area contributed by atoms with E-state index >= 15 is 0 Å². The normalized spacial score (nSPS) is 13.5. The van der Waals surface area contributed by atoms with Gasteiger partial charge in [0.2, 0.25) is 5.95 Å². The van der Waals surface area contributed by atoms with Crippen molar-refractivity contribution in [2.45, 2.75) is 17.7 Å². The second kappa shape index (κ2) is 8.58. The molecule has 1 N–H and O–H groups in total. The molecule has 3 rings (SSSR count). The second-order valence-electron chi connectivity index (χ2n) is 6.27. The summed E-state index contributed by atoms with van der Waals surface area (Å²) in [5.74, 6) is 0.0701. The first-order chi connectivity index (χ1) is 13.0. The lowest BCUT2D eigenvalue weighted by atomic mass is 10.3. The smallest absolute Gasteiger partial charge is 0.286 e. The number of aromatic nitrogens is 2. The summed E-state index contributed by atoms with van der Waals surface area (Å²) in [5.41, 5.74) is 0.646. The largest absolute Gasteiger partial charge is 0.341 e. The number of para-hydroxylation sites is 1. The van der Waals surface area contributed by atoms with Crippen molar-refractivity contribution >= 4 is 46.1 Å². The Kier molecular flexibility index (Phi) is 6.18. The summed E-state index contributed by atoms with van der Waals surface area (Å²) in [4.78, 5) is 37.5. The number of nitrogens with zero attached hydrogens (tertiary/aromatic N) is 4. The van der Waals surface area contributed by atoms with Gasteiger partial charge in [-0.05, 0) is 36.7 Å². The highest BCUT2D eigenvalue weighted by atomic mass is 35.5. The van der Waals surface area contributed by atoms with Gasteiger partial charge in [0.1, 0.15) is 0 Å². The quantitative estimate of drug-likeness (QED) is 0.780.